The van der Waals surface area contributed by atoms with E-state index in [0.29, 0.717) is 56.5 Å². The van der Waals surface area contributed by atoms with Crippen LogP contribution in [0.1, 0.15) is 51.9 Å². The van der Waals surface area contributed by atoms with Gasteiger partial charge in [-0.25, -0.2) is 0 Å². The van der Waals surface area contributed by atoms with Gasteiger partial charge in [0.15, 0.2) is 0 Å². The number of aliphatic hydroxyl groups excluding tert-OH is 1. The molecule has 1 N–H and O–H groups in total. The molecule has 0 aliphatic carbocycles. The highest BCUT2D eigenvalue weighted by atomic mass is 16.6. The molecule has 0 radical (unpaired) electrons. The van der Waals surface area contributed by atoms with Crippen LogP contribution in [0.25, 0.3) is 0 Å². The molecule has 3 aliphatic rings. The molecule has 4 rings (SSSR count). The molecule has 1 aromatic rings. The summed E-state index contributed by atoms with van der Waals surface area (Å²) in [5.74, 6) is -1.89. The first-order valence-corrected chi connectivity index (χ1v) is 14.2. The lowest BCUT2D eigenvalue weighted by atomic mass is 9.66. The van der Waals surface area contributed by atoms with Crippen molar-refractivity contribution in [3.05, 3.63) is 49.6 Å². The van der Waals surface area contributed by atoms with Crippen molar-refractivity contribution in [2.24, 2.45) is 11.8 Å². The van der Waals surface area contributed by atoms with Crippen molar-refractivity contribution in [2.45, 2.75) is 69.1 Å². The highest BCUT2D eigenvalue weighted by Crippen LogP contribution is 2.63. The van der Waals surface area contributed by atoms with Crippen LogP contribution in [0, 0.1) is 11.8 Å². The number of aliphatic hydroxyl groups is 1. The lowest BCUT2D eigenvalue weighted by Crippen LogP contribution is -2.56. The van der Waals surface area contributed by atoms with Crippen LogP contribution < -0.4 is 9.64 Å². The molecule has 3 heterocycles. The van der Waals surface area contributed by atoms with E-state index in [1.807, 2.05) is 6.92 Å². The minimum Gasteiger partial charge on any atom is -0.497 e. The number of nitrogens with zero attached hydrogens (tertiary/aromatic N) is 2. The second-order valence-corrected chi connectivity index (χ2v) is 11.1. The number of hydrogen-bond acceptors (Lipinski definition) is 7. The third-order valence-electron chi connectivity index (χ3n) is 8.58. The number of carbonyl (C=O) groups is 3. The number of anilines is 1. The van der Waals surface area contributed by atoms with E-state index >= 15 is 0 Å². The predicted molar refractivity (Wildman–Crippen MR) is 151 cm³/mol. The summed E-state index contributed by atoms with van der Waals surface area (Å²) < 4.78 is 17.6. The Kier molecular flexibility index (Phi) is 9.36. The number of benzene rings is 1. The number of likely N-dealkylation sites (tertiary alicyclic amines) is 1. The fourth-order valence-corrected chi connectivity index (χ4v) is 6.73. The van der Waals surface area contributed by atoms with Crippen molar-refractivity contribution in [2.75, 3.05) is 38.3 Å². The smallest absolute Gasteiger partial charge is 0.312 e. The minimum absolute atomic E-state index is 0.0642. The van der Waals surface area contributed by atoms with E-state index in [1.165, 1.54) is 0 Å². The van der Waals surface area contributed by atoms with Gasteiger partial charge < -0.3 is 29.1 Å². The Bertz CT molecular complexity index is 1110. The number of ether oxygens (including phenoxy) is 3. The van der Waals surface area contributed by atoms with Gasteiger partial charge in [-0.1, -0.05) is 12.2 Å². The second kappa shape index (κ2) is 12.6. The number of carbonyl (C=O) groups excluding carboxylic acids is 3. The summed E-state index contributed by atoms with van der Waals surface area (Å²) in [4.78, 5) is 45.3. The van der Waals surface area contributed by atoms with Crippen molar-refractivity contribution >= 4 is 23.5 Å². The van der Waals surface area contributed by atoms with E-state index in [0.717, 1.165) is 6.42 Å². The van der Waals surface area contributed by atoms with Gasteiger partial charge in [-0.05, 0) is 76.1 Å². The number of unbranched alkanes of at least 4 members (excludes halogenated alkanes) is 3. The van der Waals surface area contributed by atoms with Crippen LogP contribution in [-0.2, 0) is 23.9 Å². The van der Waals surface area contributed by atoms with Gasteiger partial charge in [0.05, 0.1) is 25.2 Å². The average Bonchev–Trinajstić information content (AvgIpc) is 3.52. The molecule has 2 bridgehead atoms. The lowest BCUT2D eigenvalue weighted by molar-refractivity contribution is -0.159. The van der Waals surface area contributed by atoms with Gasteiger partial charge in [-0.2, -0.15) is 0 Å². The van der Waals surface area contributed by atoms with Crippen LogP contribution in [0.5, 0.6) is 5.75 Å². The van der Waals surface area contributed by atoms with Gasteiger partial charge in [0.25, 0.3) is 5.91 Å². The molecular weight excluding hydrogens is 512 g/mol. The van der Waals surface area contributed by atoms with Crippen LogP contribution >= 0.6 is 0 Å². The van der Waals surface area contributed by atoms with E-state index in [2.05, 4.69) is 13.2 Å². The highest BCUT2D eigenvalue weighted by molar-refractivity contribution is 6.04. The van der Waals surface area contributed by atoms with Gasteiger partial charge in [0, 0.05) is 25.4 Å². The minimum atomic E-state index is -1.13. The number of methoxy groups -OCH3 is 1. The van der Waals surface area contributed by atoms with E-state index in [4.69, 9.17) is 14.2 Å². The summed E-state index contributed by atoms with van der Waals surface area (Å²) in [6.07, 6.45) is 7.78. The standard InChI is InChI=1S/C31H42N2O7/c1-5-7-11-21-39-29(37)25-24-27(35)33(19-9-8-10-20-34)26(31(24)17-16-30(25,3)40-31)28(36)32(18-6-2)22-12-14-23(38-4)15-13-22/h5-6,12-15,24-26,34H,1-2,7-11,16-21H2,3-4H3/t24-,25+,26?,30-,31?/m0/s1. The molecule has 1 spiro atoms. The maximum Gasteiger partial charge on any atom is 0.312 e. The first-order chi connectivity index (χ1) is 19.3. The fraction of sp³-hybridized carbons (Fsp3) is 0.581. The molecule has 3 aliphatic heterocycles. The Balaban J connectivity index is 1.70. The summed E-state index contributed by atoms with van der Waals surface area (Å²) in [6, 6.07) is 6.26. The van der Waals surface area contributed by atoms with Crippen molar-refractivity contribution in [1.29, 1.82) is 0 Å². The molecule has 1 aromatic carbocycles. The summed E-state index contributed by atoms with van der Waals surface area (Å²) in [5.41, 5.74) is -1.37. The Labute approximate surface area is 236 Å². The molecule has 2 unspecified atom stereocenters. The van der Waals surface area contributed by atoms with Gasteiger partial charge in [0.1, 0.15) is 23.3 Å². The Morgan fingerprint density at radius 3 is 2.55 bits per heavy atom. The van der Waals surface area contributed by atoms with E-state index in [1.54, 1.807) is 53.3 Å². The van der Waals surface area contributed by atoms with Crippen molar-refractivity contribution in [1.82, 2.24) is 4.90 Å². The summed E-state index contributed by atoms with van der Waals surface area (Å²) >= 11 is 0. The summed E-state index contributed by atoms with van der Waals surface area (Å²) in [7, 11) is 1.58. The molecule has 3 fully saturated rings. The van der Waals surface area contributed by atoms with Crippen molar-refractivity contribution in [3.8, 4) is 5.75 Å². The maximum absolute atomic E-state index is 14.5. The first-order valence-electron chi connectivity index (χ1n) is 14.2. The first kappa shape index (κ1) is 29.8. The van der Waals surface area contributed by atoms with E-state index in [9.17, 15) is 19.5 Å². The fourth-order valence-electron chi connectivity index (χ4n) is 6.73. The number of rotatable bonds is 15. The van der Waals surface area contributed by atoms with Crippen LogP contribution in [0.2, 0.25) is 0 Å². The predicted octanol–water partition coefficient (Wildman–Crippen LogP) is 3.65. The number of hydrogen-bond donors (Lipinski definition) is 1. The number of fused-ring (bicyclic) bond motifs is 1. The number of allylic oxidation sites excluding steroid dienone is 1. The largest absolute Gasteiger partial charge is 0.497 e. The maximum atomic E-state index is 14.5. The third-order valence-corrected chi connectivity index (χ3v) is 8.58. The van der Waals surface area contributed by atoms with Crippen LogP contribution in [0.4, 0.5) is 5.69 Å². The zero-order valence-corrected chi connectivity index (χ0v) is 23.7. The molecule has 218 valence electrons. The Morgan fingerprint density at radius 1 is 1.15 bits per heavy atom. The SMILES string of the molecule is C=CCCCOC(=O)[C@H]1[C@H]2C(=O)N(CCCCCO)C(C(=O)N(CC=C)c3ccc(OC)cc3)C23CC[C@]1(C)O3. The average molecular weight is 555 g/mol. The quantitative estimate of drug-likeness (QED) is 0.200. The molecule has 5 atom stereocenters. The molecule has 3 saturated heterocycles. The Morgan fingerprint density at radius 2 is 1.90 bits per heavy atom. The van der Waals surface area contributed by atoms with Gasteiger partial charge in [-0.3, -0.25) is 14.4 Å². The van der Waals surface area contributed by atoms with Gasteiger partial charge in [0.2, 0.25) is 5.91 Å². The lowest BCUT2D eigenvalue weighted by Gasteiger charge is -2.37. The number of esters is 1. The molecular formula is C31H42N2O7. The molecule has 9 nitrogen and oxygen atoms in total. The van der Waals surface area contributed by atoms with Crippen molar-refractivity contribution < 1.29 is 33.7 Å². The molecule has 2 amide bonds. The van der Waals surface area contributed by atoms with Crippen LogP contribution in [0.3, 0.4) is 0 Å². The van der Waals surface area contributed by atoms with Crippen molar-refractivity contribution in [3.63, 3.8) is 0 Å². The zero-order valence-electron chi connectivity index (χ0n) is 23.7. The monoisotopic (exact) mass is 554 g/mol. The van der Waals surface area contributed by atoms with Crippen LogP contribution in [-0.4, -0.2) is 78.4 Å². The Hall–Kier alpha value is -3.17. The number of amides is 2. The summed E-state index contributed by atoms with van der Waals surface area (Å²) in [6.45, 7) is 10.3. The van der Waals surface area contributed by atoms with Crippen LogP contribution in [0.15, 0.2) is 49.6 Å². The van der Waals surface area contributed by atoms with E-state index in [-0.39, 0.29) is 31.6 Å². The summed E-state index contributed by atoms with van der Waals surface area (Å²) in [5, 5.41) is 9.25. The van der Waals surface area contributed by atoms with Gasteiger partial charge in [-0.15, -0.1) is 13.2 Å². The molecule has 40 heavy (non-hydrogen) atoms. The normalized spacial score (nSPS) is 28.3. The highest BCUT2D eigenvalue weighted by Gasteiger charge is 2.78. The third kappa shape index (κ3) is 5.29. The second-order valence-electron chi connectivity index (χ2n) is 11.1. The van der Waals surface area contributed by atoms with E-state index < -0.39 is 35.0 Å². The zero-order chi connectivity index (χ0) is 28.9. The molecule has 0 saturated carbocycles. The van der Waals surface area contributed by atoms with Gasteiger partial charge >= 0.3 is 5.97 Å². The topological polar surface area (TPSA) is 106 Å². The molecule has 0 aromatic heterocycles. The molecule has 9 heteroatoms.